The Balaban J connectivity index is 1.45. The zero-order valence-electron chi connectivity index (χ0n) is 15.8. The molecule has 0 amide bonds. The van der Waals surface area contributed by atoms with E-state index in [9.17, 15) is 14.7 Å². The lowest BCUT2D eigenvalue weighted by Gasteiger charge is -2.12. The van der Waals surface area contributed by atoms with Crippen LogP contribution in [0.25, 0.3) is 0 Å². The lowest BCUT2D eigenvalue weighted by Crippen LogP contribution is -2.34. The number of H-pyrrole nitrogens is 1. The minimum atomic E-state index is -0.677. The summed E-state index contributed by atoms with van der Waals surface area (Å²) in [6.07, 6.45) is 0.361. The minimum absolute atomic E-state index is 0.0127. The second kappa shape index (κ2) is 7.11. The van der Waals surface area contributed by atoms with Gasteiger partial charge in [0.2, 0.25) is 12.7 Å². The highest BCUT2D eigenvalue weighted by atomic mass is 16.7. The van der Waals surface area contributed by atoms with Crippen LogP contribution < -0.4 is 26.1 Å². The van der Waals surface area contributed by atoms with Crippen molar-refractivity contribution in [2.24, 2.45) is 5.10 Å². The standard InChI is InChI=1S/C21H18N4O5/c26-19-18(20(27)25(21(28)22-19)10-12-4-2-1-3-5-12)15-9-14(23-24-15)13-6-7-16-17(8-13)30-11-29-16/h1-8,14,23,27H,9-11H2,(H,22,26,28)/t14-/m0/s1. The zero-order valence-corrected chi connectivity index (χ0v) is 15.8. The van der Waals surface area contributed by atoms with Crippen LogP contribution >= 0.6 is 0 Å². The summed E-state index contributed by atoms with van der Waals surface area (Å²) in [5.41, 5.74) is 3.73. The average molecular weight is 406 g/mol. The predicted molar refractivity (Wildman–Crippen MR) is 108 cm³/mol. The van der Waals surface area contributed by atoms with Gasteiger partial charge in [0.1, 0.15) is 5.56 Å². The Kier molecular flexibility index (Phi) is 4.27. The highest BCUT2D eigenvalue weighted by Gasteiger charge is 2.28. The lowest BCUT2D eigenvalue weighted by molar-refractivity contribution is 0.174. The van der Waals surface area contributed by atoms with E-state index in [1.807, 2.05) is 48.5 Å². The van der Waals surface area contributed by atoms with E-state index in [0.29, 0.717) is 23.6 Å². The molecule has 0 saturated carbocycles. The number of ether oxygens (including phenoxy) is 2. The molecule has 5 rings (SSSR count). The normalized spacial score (nSPS) is 16.9. The number of aromatic nitrogens is 2. The molecule has 9 heteroatoms. The molecule has 9 nitrogen and oxygen atoms in total. The molecular formula is C21H18N4O5. The Morgan fingerprint density at radius 3 is 2.73 bits per heavy atom. The molecule has 0 fully saturated rings. The fourth-order valence-corrected chi connectivity index (χ4v) is 3.65. The van der Waals surface area contributed by atoms with Crippen LogP contribution in [0.4, 0.5) is 0 Å². The van der Waals surface area contributed by atoms with E-state index in [1.165, 1.54) is 0 Å². The van der Waals surface area contributed by atoms with Crippen LogP contribution in [0.3, 0.4) is 0 Å². The van der Waals surface area contributed by atoms with Crippen LogP contribution in [0.2, 0.25) is 0 Å². The van der Waals surface area contributed by atoms with Gasteiger partial charge in [-0.3, -0.25) is 14.3 Å². The second-order valence-electron chi connectivity index (χ2n) is 7.09. The molecule has 3 heterocycles. The monoisotopic (exact) mass is 406 g/mol. The number of aromatic hydroxyl groups is 1. The summed E-state index contributed by atoms with van der Waals surface area (Å²) in [4.78, 5) is 27.0. The molecule has 2 aliphatic heterocycles. The first-order chi connectivity index (χ1) is 14.6. The van der Waals surface area contributed by atoms with Gasteiger partial charge in [-0.25, -0.2) is 4.79 Å². The highest BCUT2D eigenvalue weighted by Crippen LogP contribution is 2.36. The van der Waals surface area contributed by atoms with Crippen molar-refractivity contribution in [2.45, 2.75) is 19.0 Å². The fraction of sp³-hybridized carbons (Fsp3) is 0.190. The number of aromatic amines is 1. The number of fused-ring (bicyclic) bond motifs is 1. The molecule has 2 aliphatic rings. The van der Waals surface area contributed by atoms with Gasteiger partial charge in [0, 0.05) is 6.42 Å². The number of rotatable bonds is 4. The van der Waals surface area contributed by atoms with Gasteiger partial charge in [-0.15, -0.1) is 0 Å². The summed E-state index contributed by atoms with van der Waals surface area (Å²) < 4.78 is 11.9. The molecule has 3 aromatic rings. The Labute approximate surface area is 170 Å². The van der Waals surface area contributed by atoms with Crippen molar-refractivity contribution >= 4 is 5.71 Å². The molecule has 0 radical (unpaired) electrons. The maximum atomic E-state index is 12.5. The molecule has 1 atom stereocenters. The Hall–Kier alpha value is -4.01. The van der Waals surface area contributed by atoms with E-state index in [2.05, 4.69) is 15.5 Å². The first kappa shape index (κ1) is 18.0. The molecule has 1 aromatic heterocycles. The van der Waals surface area contributed by atoms with E-state index in [-0.39, 0.29) is 24.9 Å². The lowest BCUT2D eigenvalue weighted by atomic mass is 9.99. The van der Waals surface area contributed by atoms with Crippen LogP contribution in [0.15, 0.2) is 63.2 Å². The van der Waals surface area contributed by atoms with Crippen LogP contribution in [0.1, 0.15) is 29.2 Å². The van der Waals surface area contributed by atoms with Crippen molar-refractivity contribution in [3.05, 3.63) is 86.1 Å². The second-order valence-corrected chi connectivity index (χ2v) is 7.09. The van der Waals surface area contributed by atoms with Gasteiger partial charge in [0.05, 0.1) is 18.3 Å². The predicted octanol–water partition coefficient (Wildman–Crippen LogP) is 1.46. The number of hydrazone groups is 1. The molecular weight excluding hydrogens is 388 g/mol. The van der Waals surface area contributed by atoms with E-state index in [1.54, 1.807) is 0 Å². The molecule has 0 aliphatic carbocycles. The van der Waals surface area contributed by atoms with Crippen LogP contribution in [-0.2, 0) is 6.54 Å². The summed E-state index contributed by atoms with van der Waals surface area (Å²) in [5, 5.41) is 15.0. The fourth-order valence-electron chi connectivity index (χ4n) is 3.65. The minimum Gasteiger partial charge on any atom is -0.494 e. The summed E-state index contributed by atoms with van der Waals surface area (Å²) in [7, 11) is 0. The van der Waals surface area contributed by atoms with Crippen molar-refractivity contribution in [1.82, 2.24) is 15.0 Å². The SMILES string of the molecule is O=c1[nH]c(=O)n(Cc2ccccc2)c(O)c1C1=NN[C@H](c2ccc3c(c2)OCO3)C1. The summed E-state index contributed by atoms with van der Waals surface area (Å²) in [5.74, 6) is 0.930. The van der Waals surface area contributed by atoms with Gasteiger partial charge < -0.3 is 20.0 Å². The first-order valence-electron chi connectivity index (χ1n) is 9.42. The van der Waals surface area contributed by atoms with Crippen molar-refractivity contribution in [1.29, 1.82) is 0 Å². The van der Waals surface area contributed by atoms with Crippen molar-refractivity contribution in [2.75, 3.05) is 6.79 Å². The molecule has 0 spiro atoms. The van der Waals surface area contributed by atoms with Crippen LogP contribution in [0, 0.1) is 0 Å². The third-order valence-electron chi connectivity index (χ3n) is 5.20. The Morgan fingerprint density at radius 2 is 1.90 bits per heavy atom. The van der Waals surface area contributed by atoms with Gasteiger partial charge in [0.25, 0.3) is 5.56 Å². The molecule has 0 bridgehead atoms. The smallest absolute Gasteiger partial charge is 0.331 e. The highest BCUT2D eigenvalue weighted by molar-refractivity contribution is 6.03. The van der Waals surface area contributed by atoms with Crippen molar-refractivity contribution < 1.29 is 14.6 Å². The van der Waals surface area contributed by atoms with Crippen LogP contribution in [0.5, 0.6) is 17.4 Å². The van der Waals surface area contributed by atoms with Gasteiger partial charge in [-0.1, -0.05) is 36.4 Å². The van der Waals surface area contributed by atoms with Crippen molar-refractivity contribution in [3.63, 3.8) is 0 Å². The Morgan fingerprint density at radius 1 is 1.10 bits per heavy atom. The van der Waals surface area contributed by atoms with Gasteiger partial charge in [-0.2, -0.15) is 5.10 Å². The van der Waals surface area contributed by atoms with Gasteiger partial charge >= 0.3 is 5.69 Å². The van der Waals surface area contributed by atoms with Crippen LogP contribution in [-0.4, -0.2) is 27.2 Å². The van der Waals surface area contributed by atoms with Gasteiger partial charge in [-0.05, 0) is 23.3 Å². The maximum Gasteiger partial charge on any atom is 0.331 e. The first-order valence-corrected chi connectivity index (χ1v) is 9.42. The largest absolute Gasteiger partial charge is 0.494 e. The number of hydrogen-bond acceptors (Lipinski definition) is 7. The number of benzene rings is 2. The summed E-state index contributed by atoms with van der Waals surface area (Å²) >= 11 is 0. The quantitative estimate of drug-likeness (QED) is 0.604. The molecule has 0 saturated heterocycles. The van der Waals surface area contributed by atoms with E-state index < -0.39 is 17.1 Å². The van der Waals surface area contributed by atoms with Gasteiger partial charge in [0.15, 0.2) is 11.5 Å². The molecule has 152 valence electrons. The number of hydrogen-bond donors (Lipinski definition) is 3. The third kappa shape index (κ3) is 3.10. The zero-order chi connectivity index (χ0) is 20.7. The van der Waals surface area contributed by atoms with E-state index in [0.717, 1.165) is 15.7 Å². The summed E-state index contributed by atoms with van der Waals surface area (Å²) in [6.45, 7) is 0.312. The van der Waals surface area contributed by atoms with E-state index >= 15 is 0 Å². The van der Waals surface area contributed by atoms with Crippen molar-refractivity contribution in [3.8, 4) is 17.4 Å². The number of nitrogens with zero attached hydrogens (tertiary/aromatic N) is 2. The molecule has 3 N–H and O–H groups in total. The molecule has 0 unspecified atom stereocenters. The molecule has 2 aromatic carbocycles. The maximum absolute atomic E-state index is 12.5. The third-order valence-corrected chi connectivity index (χ3v) is 5.20. The topological polar surface area (TPSA) is 118 Å². The Bertz CT molecular complexity index is 1260. The van der Waals surface area contributed by atoms with E-state index in [4.69, 9.17) is 9.47 Å². The summed E-state index contributed by atoms with van der Waals surface area (Å²) in [6, 6.07) is 14.6. The average Bonchev–Trinajstić information content (AvgIpc) is 3.41. The number of nitrogens with one attached hydrogen (secondary N) is 2. The molecule has 30 heavy (non-hydrogen) atoms.